The highest BCUT2D eigenvalue weighted by Gasteiger charge is 2.14. The zero-order valence-electron chi connectivity index (χ0n) is 11.6. The first kappa shape index (κ1) is 15.7. The predicted molar refractivity (Wildman–Crippen MR) is 86.1 cm³/mol. The van der Waals surface area contributed by atoms with Gasteiger partial charge in [0.05, 0.1) is 28.2 Å². The van der Waals surface area contributed by atoms with Crippen molar-refractivity contribution in [1.82, 2.24) is 9.78 Å². The van der Waals surface area contributed by atoms with Crippen LogP contribution >= 0.6 is 34.8 Å². The summed E-state index contributed by atoms with van der Waals surface area (Å²) in [6.45, 7) is 4.91. The van der Waals surface area contributed by atoms with Gasteiger partial charge in [-0.25, -0.2) is 0 Å². The van der Waals surface area contributed by atoms with E-state index in [9.17, 15) is 0 Å². The number of aryl methyl sites for hydroxylation is 1. The molecule has 2 nitrogen and oxygen atoms in total. The lowest BCUT2D eigenvalue weighted by molar-refractivity contribution is 0.640. The molecule has 0 N–H and O–H groups in total. The van der Waals surface area contributed by atoms with E-state index >= 15 is 0 Å². The first-order valence-electron chi connectivity index (χ1n) is 6.68. The summed E-state index contributed by atoms with van der Waals surface area (Å²) in [6.07, 6.45) is 1.81. The van der Waals surface area contributed by atoms with Gasteiger partial charge in [-0.1, -0.05) is 43.1 Å². The highest BCUT2D eigenvalue weighted by Crippen LogP contribution is 2.24. The molecule has 1 aromatic carbocycles. The molecule has 0 saturated heterocycles. The van der Waals surface area contributed by atoms with Gasteiger partial charge in [0, 0.05) is 11.3 Å². The Kier molecular flexibility index (Phi) is 5.36. The number of nitrogens with zero attached hydrogens (tertiary/aromatic N) is 2. The molecule has 5 heteroatoms. The van der Waals surface area contributed by atoms with Crippen LogP contribution in [0.1, 0.15) is 36.4 Å². The molecule has 0 bridgehead atoms. The Labute approximate surface area is 134 Å². The maximum atomic E-state index is 6.07. The number of rotatable bonds is 5. The second-order valence-electron chi connectivity index (χ2n) is 4.62. The molecule has 0 radical (unpaired) electrons. The van der Waals surface area contributed by atoms with Gasteiger partial charge in [-0.15, -0.1) is 11.6 Å². The topological polar surface area (TPSA) is 17.8 Å². The molecule has 0 spiro atoms. The molecule has 0 fully saturated rings. The smallest absolute Gasteiger partial charge is 0.0669 e. The van der Waals surface area contributed by atoms with Gasteiger partial charge in [-0.3, -0.25) is 4.68 Å². The van der Waals surface area contributed by atoms with E-state index in [2.05, 4.69) is 18.9 Å². The third-order valence-electron chi connectivity index (χ3n) is 3.37. The molecule has 0 aliphatic carbocycles. The van der Waals surface area contributed by atoms with E-state index in [0.717, 1.165) is 29.7 Å². The minimum Gasteiger partial charge on any atom is -0.265 e. The largest absolute Gasteiger partial charge is 0.265 e. The molecule has 1 aromatic heterocycles. The van der Waals surface area contributed by atoms with Crippen LogP contribution in [0.2, 0.25) is 10.0 Å². The lowest BCUT2D eigenvalue weighted by Gasteiger charge is -2.08. The molecule has 0 unspecified atom stereocenters. The molecule has 0 amide bonds. The molecule has 2 rings (SSSR count). The fourth-order valence-corrected chi connectivity index (χ4v) is 2.99. The van der Waals surface area contributed by atoms with Crippen LogP contribution in [-0.2, 0) is 25.3 Å². The van der Waals surface area contributed by atoms with Gasteiger partial charge in [-0.2, -0.15) is 5.10 Å². The van der Waals surface area contributed by atoms with Gasteiger partial charge >= 0.3 is 0 Å². The average molecular weight is 332 g/mol. The monoisotopic (exact) mass is 330 g/mol. The van der Waals surface area contributed by atoms with Crippen molar-refractivity contribution >= 4 is 34.8 Å². The third kappa shape index (κ3) is 3.13. The zero-order valence-corrected chi connectivity index (χ0v) is 13.9. The molecule has 20 heavy (non-hydrogen) atoms. The van der Waals surface area contributed by atoms with Crippen molar-refractivity contribution in [2.75, 3.05) is 0 Å². The highest BCUT2D eigenvalue weighted by molar-refractivity contribution is 6.42. The van der Waals surface area contributed by atoms with E-state index in [4.69, 9.17) is 34.8 Å². The van der Waals surface area contributed by atoms with Gasteiger partial charge in [0.15, 0.2) is 0 Å². The standard InChI is InChI=1S/C15H17Cl3N2/c1-3-14-11(8-16)15(4-2)20(19-14)9-10-5-6-12(17)13(18)7-10/h5-7H,3-4,8-9H2,1-2H3. The van der Waals surface area contributed by atoms with Crippen molar-refractivity contribution in [3.05, 3.63) is 50.8 Å². The van der Waals surface area contributed by atoms with Crippen molar-refractivity contribution in [2.45, 2.75) is 39.1 Å². The molecule has 1 heterocycles. The SMILES string of the molecule is CCc1nn(Cc2ccc(Cl)c(Cl)c2)c(CC)c1CCl. The maximum absolute atomic E-state index is 6.07. The summed E-state index contributed by atoms with van der Waals surface area (Å²) in [7, 11) is 0. The van der Waals surface area contributed by atoms with Crippen LogP contribution in [0.4, 0.5) is 0 Å². The van der Waals surface area contributed by atoms with Crippen molar-refractivity contribution in [1.29, 1.82) is 0 Å². The molecule has 0 saturated carbocycles. The van der Waals surface area contributed by atoms with Gasteiger partial charge in [0.2, 0.25) is 0 Å². The van der Waals surface area contributed by atoms with Crippen LogP contribution in [-0.4, -0.2) is 9.78 Å². The number of hydrogen-bond acceptors (Lipinski definition) is 1. The molecular formula is C15H17Cl3N2. The van der Waals surface area contributed by atoms with Crippen molar-refractivity contribution in [2.24, 2.45) is 0 Å². The second kappa shape index (κ2) is 6.84. The van der Waals surface area contributed by atoms with Gasteiger partial charge in [0.1, 0.15) is 0 Å². The Bertz CT molecular complexity index is 605. The summed E-state index contributed by atoms with van der Waals surface area (Å²) >= 11 is 18.1. The fraction of sp³-hybridized carbons (Fsp3) is 0.400. The summed E-state index contributed by atoms with van der Waals surface area (Å²) < 4.78 is 2.02. The van der Waals surface area contributed by atoms with Crippen LogP contribution in [0.25, 0.3) is 0 Å². The van der Waals surface area contributed by atoms with Crippen molar-refractivity contribution < 1.29 is 0 Å². The van der Waals surface area contributed by atoms with E-state index in [-0.39, 0.29) is 0 Å². The summed E-state index contributed by atoms with van der Waals surface area (Å²) in [5.41, 5.74) is 4.52. The number of aromatic nitrogens is 2. The third-order valence-corrected chi connectivity index (χ3v) is 4.38. The Morgan fingerprint density at radius 3 is 2.40 bits per heavy atom. The van der Waals surface area contributed by atoms with E-state index in [1.165, 1.54) is 5.69 Å². The molecule has 2 aromatic rings. The molecule has 0 aliphatic heterocycles. The minimum atomic E-state index is 0.508. The Morgan fingerprint density at radius 1 is 1.10 bits per heavy atom. The van der Waals surface area contributed by atoms with Gasteiger partial charge in [-0.05, 0) is 30.5 Å². The second-order valence-corrected chi connectivity index (χ2v) is 5.70. The average Bonchev–Trinajstić information content (AvgIpc) is 2.79. The minimum absolute atomic E-state index is 0.508. The first-order chi connectivity index (χ1) is 9.60. The van der Waals surface area contributed by atoms with Crippen LogP contribution < -0.4 is 0 Å². The fourth-order valence-electron chi connectivity index (χ4n) is 2.36. The zero-order chi connectivity index (χ0) is 14.7. The first-order valence-corrected chi connectivity index (χ1v) is 7.97. The summed E-state index contributed by atoms with van der Waals surface area (Å²) in [5.74, 6) is 0.508. The molecule has 0 atom stereocenters. The quantitative estimate of drug-likeness (QED) is 0.697. The summed E-state index contributed by atoms with van der Waals surface area (Å²) in [5, 5.41) is 5.82. The number of alkyl halides is 1. The molecule has 0 aliphatic rings. The van der Waals surface area contributed by atoms with Crippen LogP contribution in [0.15, 0.2) is 18.2 Å². The van der Waals surface area contributed by atoms with Gasteiger partial charge < -0.3 is 0 Å². The van der Waals surface area contributed by atoms with E-state index in [0.29, 0.717) is 22.5 Å². The highest BCUT2D eigenvalue weighted by atomic mass is 35.5. The maximum Gasteiger partial charge on any atom is 0.0669 e. The number of halogens is 3. The predicted octanol–water partition coefficient (Wildman–Crippen LogP) is 5.10. The van der Waals surface area contributed by atoms with Crippen LogP contribution in [0.5, 0.6) is 0 Å². The summed E-state index contributed by atoms with van der Waals surface area (Å²) in [6, 6.07) is 5.68. The molecule has 108 valence electrons. The van der Waals surface area contributed by atoms with Gasteiger partial charge in [0.25, 0.3) is 0 Å². The van der Waals surface area contributed by atoms with E-state index < -0.39 is 0 Å². The number of hydrogen-bond donors (Lipinski definition) is 0. The van der Waals surface area contributed by atoms with Crippen molar-refractivity contribution in [3.63, 3.8) is 0 Å². The Morgan fingerprint density at radius 2 is 1.85 bits per heavy atom. The Balaban J connectivity index is 2.37. The lowest BCUT2D eigenvalue weighted by Crippen LogP contribution is -2.06. The van der Waals surface area contributed by atoms with E-state index in [1.807, 2.05) is 22.9 Å². The molecular weight excluding hydrogens is 315 g/mol. The Hall–Kier alpha value is -0.700. The summed E-state index contributed by atoms with van der Waals surface area (Å²) in [4.78, 5) is 0. The van der Waals surface area contributed by atoms with E-state index in [1.54, 1.807) is 0 Å². The lowest BCUT2D eigenvalue weighted by atomic mass is 10.1. The number of benzene rings is 1. The van der Waals surface area contributed by atoms with Crippen LogP contribution in [0, 0.1) is 0 Å². The van der Waals surface area contributed by atoms with Crippen molar-refractivity contribution in [3.8, 4) is 0 Å². The van der Waals surface area contributed by atoms with Crippen LogP contribution in [0.3, 0.4) is 0 Å². The normalized spacial score (nSPS) is 11.1.